The summed E-state index contributed by atoms with van der Waals surface area (Å²) in [5, 5.41) is 20.5. The third kappa shape index (κ3) is 3.47. The van der Waals surface area contributed by atoms with Crippen molar-refractivity contribution in [2.24, 2.45) is 0 Å². The van der Waals surface area contributed by atoms with E-state index in [1.54, 1.807) is 49.6 Å². The minimum absolute atomic E-state index is 0.118. The Balaban J connectivity index is 2.57. The molecule has 0 aliphatic heterocycles. The Bertz CT molecular complexity index is 806. The molecule has 0 spiro atoms. The Morgan fingerprint density at radius 3 is 2.57 bits per heavy atom. The molecule has 0 saturated heterocycles. The fraction of sp³-hybridized carbons (Fsp3) is 0.118. The van der Waals surface area contributed by atoms with Crippen LogP contribution in [0.1, 0.15) is 11.1 Å². The van der Waals surface area contributed by atoms with Crippen molar-refractivity contribution in [3.63, 3.8) is 0 Å². The van der Waals surface area contributed by atoms with E-state index in [4.69, 9.17) is 9.47 Å². The van der Waals surface area contributed by atoms with Crippen LogP contribution in [0.2, 0.25) is 0 Å². The van der Waals surface area contributed by atoms with Crippen LogP contribution in [0.5, 0.6) is 11.5 Å². The molecule has 6 nitrogen and oxygen atoms in total. The van der Waals surface area contributed by atoms with Crippen molar-refractivity contribution < 1.29 is 14.4 Å². The average Bonchev–Trinajstić information content (AvgIpc) is 2.59. The largest absolute Gasteiger partial charge is 0.497 e. The van der Waals surface area contributed by atoms with E-state index in [0.717, 1.165) is 0 Å². The maximum atomic E-state index is 11.1. The summed E-state index contributed by atoms with van der Waals surface area (Å²) in [6.45, 7) is 0. The van der Waals surface area contributed by atoms with E-state index < -0.39 is 4.92 Å². The highest BCUT2D eigenvalue weighted by Gasteiger charge is 2.16. The number of nitriles is 1. The number of para-hydroxylation sites is 1. The van der Waals surface area contributed by atoms with E-state index in [9.17, 15) is 15.4 Å². The summed E-state index contributed by atoms with van der Waals surface area (Å²) in [5.74, 6) is 1.12. The van der Waals surface area contributed by atoms with Crippen LogP contribution in [0.3, 0.4) is 0 Å². The SMILES string of the molecule is COc1ccc(C=C(C#N)c2ccccc2[N+](=O)[O-])c(OC)c1. The summed E-state index contributed by atoms with van der Waals surface area (Å²) in [7, 11) is 3.04. The molecular weight excluding hydrogens is 296 g/mol. The van der Waals surface area contributed by atoms with E-state index in [-0.39, 0.29) is 16.8 Å². The van der Waals surface area contributed by atoms with E-state index in [1.165, 1.54) is 13.2 Å². The Labute approximate surface area is 133 Å². The monoisotopic (exact) mass is 310 g/mol. The minimum atomic E-state index is -0.508. The molecule has 2 rings (SSSR count). The van der Waals surface area contributed by atoms with Gasteiger partial charge in [-0.3, -0.25) is 10.1 Å². The number of allylic oxidation sites excluding steroid dienone is 1. The van der Waals surface area contributed by atoms with Crippen molar-refractivity contribution in [1.82, 2.24) is 0 Å². The third-order valence-electron chi connectivity index (χ3n) is 3.25. The lowest BCUT2D eigenvalue weighted by Crippen LogP contribution is -1.94. The first kappa shape index (κ1) is 16.0. The number of methoxy groups -OCH3 is 2. The number of hydrogen-bond donors (Lipinski definition) is 0. The summed E-state index contributed by atoms with van der Waals surface area (Å²) < 4.78 is 10.4. The fourth-order valence-electron chi connectivity index (χ4n) is 2.12. The number of benzene rings is 2. The number of nitro groups is 1. The maximum Gasteiger partial charge on any atom is 0.277 e. The van der Waals surface area contributed by atoms with Crippen LogP contribution in [0.25, 0.3) is 11.6 Å². The second-order valence-electron chi connectivity index (χ2n) is 4.55. The predicted octanol–water partition coefficient (Wildman–Crippen LogP) is 3.68. The van der Waals surface area contributed by atoms with Gasteiger partial charge in [-0.2, -0.15) is 5.26 Å². The molecule has 116 valence electrons. The molecule has 0 heterocycles. The third-order valence-corrected chi connectivity index (χ3v) is 3.25. The molecule has 6 heteroatoms. The van der Waals surface area contributed by atoms with Crippen LogP contribution in [-0.2, 0) is 0 Å². The van der Waals surface area contributed by atoms with Gasteiger partial charge in [-0.05, 0) is 24.3 Å². The second kappa shape index (κ2) is 7.09. The quantitative estimate of drug-likeness (QED) is 0.364. The van der Waals surface area contributed by atoms with Gasteiger partial charge in [0.1, 0.15) is 17.6 Å². The smallest absolute Gasteiger partial charge is 0.277 e. The van der Waals surface area contributed by atoms with Crippen LogP contribution in [0.4, 0.5) is 5.69 Å². The molecule has 2 aromatic carbocycles. The molecule has 0 atom stereocenters. The van der Waals surface area contributed by atoms with Crippen molar-refractivity contribution in [3.8, 4) is 17.6 Å². The molecule has 0 radical (unpaired) electrons. The Kier molecular flexibility index (Phi) is 4.95. The van der Waals surface area contributed by atoms with Crippen LogP contribution >= 0.6 is 0 Å². The van der Waals surface area contributed by atoms with Crippen LogP contribution in [-0.4, -0.2) is 19.1 Å². The van der Waals surface area contributed by atoms with Gasteiger partial charge in [-0.25, -0.2) is 0 Å². The minimum Gasteiger partial charge on any atom is -0.497 e. The zero-order chi connectivity index (χ0) is 16.8. The molecule has 0 bridgehead atoms. The van der Waals surface area contributed by atoms with Crippen molar-refractivity contribution >= 4 is 17.3 Å². The number of nitrogens with zero attached hydrogens (tertiary/aromatic N) is 2. The molecule has 0 saturated carbocycles. The normalized spacial score (nSPS) is 10.7. The highest BCUT2D eigenvalue weighted by molar-refractivity contribution is 5.93. The number of ether oxygens (including phenoxy) is 2. The lowest BCUT2D eigenvalue weighted by Gasteiger charge is -2.08. The Hall–Kier alpha value is -3.33. The molecule has 0 aliphatic carbocycles. The van der Waals surface area contributed by atoms with E-state index >= 15 is 0 Å². The van der Waals surface area contributed by atoms with Crippen LogP contribution in [0, 0.1) is 21.4 Å². The van der Waals surface area contributed by atoms with Gasteiger partial charge in [0.25, 0.3) is 5.69 Å². The van der Waals surface area contributed by atoms with Gasteiger partial charge in [0, 0.05) is 17.7 Å². The topological polar surface area (TPSA) is 85.4 Å². The van der Waals surface area contributed by atoms with Gasteiger partial charge < -0.3 is 9.47 Å². The zero-order valence-corrected chi connectivity index (χ0v) is 12.6. The molecule has 0 N–H and O–H groups in total. The lowest BCUT2D eigenvalue weighted by atomic mass is 10.0. The van der Waals surface area contributed by atoms with Gasteiger partial charge in [0.15, 0.2) is 0 Å². The summed E-state index contributed by atoms with van der Waals surface area (Å²) in [6, 6.07) is 13.3. The van der Waals surface area contributed by atoms with Crippen LogP contribution in [0.15, 0.2) is 42.5 Å². The van der Waals surface area contributed by atoms with Crippen molar-refractivity contribution in [1.29, 1.82) is 5.26 Å². The van der Waals surface area contributed by atoms with Crippen molar-refractivity contribution in [2.45, 2.75) is 0 Å². The van der Waals surface area contributed by atoms with Gasteiger partial charge in [-0.1, -0.05) is 12.1 Å². The standard InChI is InChI=1S/C17H14N2O4/c1-22-14-8-7-12(17(10-14)23-2)9-13(11-18)15-5-3-4-6-16(15)19(20)21/h3-10H,1-2H3. The molecule has 0 fully saturated rings. The molecule has 23 heavy (non-hydrogen) atoms. The van der Waals surface area contributed by atoms with Gasteiger partial charge in [0.05, 0.1) is 30.3 Å². The summed E-state index contributed by atoms with van der Waals surface area (Å²) in [4.78, 5) is 10.6. The Morgan fingerprint density at radius 1 is 1.22 bits per heavy atom. The van der Waals surface area contributed by atoms with Gasteiger partial charge in [-0.15, -0.1) is 0 Å². The number of rotatable bonds is 5. The first-order chi connectivity index (χ1) is 11.1. The summed E-state index contributed by atoms with van der Waals surface area (Å²) in [5.41, 5.74) is 0.953. The van der Waals surface area contributed by atoms with E-state index in [1.807, 2.05) is 6.07 Å². The highest BCUT2D eigenvalue weighted by Crippen LogP contribution is 2.31. The fourth-order valence-corrected chi connectivity index (χ4v) is 2.12. The molecular formula is C17H14N2O4. The second-order valence-corrected chi connectivity index (χ2v) is 4.55. The molecule has 0 aromatic heterocycles. The van der Waals surface area contributed by atoms with Crippen molar-refractivity contribution in [3.05, 3.63) is 63.7 Å². The molecule has 2 aromatic rings. The number of nitro benzene ring substituents is 1. The maximum absolute atomic E-state index is 11.1. The summed E-state index contributed by atoms with van der Waals surface area (Å²) in [6.07, 6.45) is 1.56. The zero-order valence-electron chi connectivity index (χ0n) is 12.6. The van der Waals surface area contributed by atoms with Crippen molar-refractivity contribution in [2.75, 3.05) is 14.2 Å². The molecule has 0 aliphatic rings. The van der Waals surface area contributed by atoms with Crippen LogP contribution < -0.4 is 9.47 Å². The highest BCUT2D eigenvalue weighted by atomic mass is 16.6. The van der Waals surface area contributed by atoms with Gasteiger partial charge in [0.2, 0.25) is 0 Å². The summed E-state index contributed by atoms with van der Waals surface area (Å²) >= 11 is 0. The number of hydrogen-bond acceptors (Lipinski definition) is 5. The van der Waals surface area contributed by atoms with E-state index in [0.29, 0.717) is 17.1 Å². The predicted molar refractivity (Wildman–Crippen MR) is 86.1 cm³/mol. The average molecular weight is 310 g/mol. The van der Waals surface area contributed by atoms with E-state index in [2.05, 4.69) is 0 Å². The van der Waals surface area contributed by atoms with Gasteiger partial charge >= 0.3 is 0 Å². The first-order valence-corrected chi connectivity index (χ1v) is 6.68. The first-order valence-electron chi connectivity index (χ1n) is 6.68. The molecule has 0 amide bonds. The Morgan fingerprint density at radius 2 is 1.96 bits per heavy atom. The molecule has 0 unspecified atom stereocenters. The lowest BCUT2D eigenvalue weighted by molar-refractivity contribution is -0.385.